The fourth-order valence-electron chi connectivity index (χ4n) is 2.98. The highest BCUT2D eigenvalue weighted by Gasteiger charge is 2.21. The molecular formula is C20H19NO4. The molecule has 128 valence electrons. The van der Waals surface area contributed by atoms with Crippen LogP contribution in [-0.4, -0.2) is 29.9 Å². The average Bonchev–Trinajstić information content (AvgIpc) is 2.99. The third-order valence-corrected chi connectivity index (χ3v) is 4.09. The molecule has 5 nitrogen and oxygen atoms in total. The summed E-state index contributed by atoms with van der Waals surface area (Å²) in [6.07, 6.45) is 0. The maximum Gasteiger partial charge on any atom is 0.337 e. The van der Waals surface area contributed by atoms with Crippen molar-refractivity contribution >= 4 is 5.97 Å². The third-order valence-electron chi connectivity index (χ3n) is 4.09. The number of hydrogen-bond acceptors (Lipinski definition) is 3. The molecule has 0 amide bonds. The number of ether oxygens (including phenoxy) is 2. The fourth-order valence-corrected chi connectivity index (χ4v) is 2.98. The molecular weight excluding hydrogens is 318 g/mol. The Morgan fingerprint density at radius 1 is 0.960 bits per heavy atom. The Bertz CT molecular complexity index is 913. The largest absolute Gasteiger partial charge is 0.493 e. The Kier molecular flexibility index (Phi) is 4.48. The van der Waals surface area contributed by atoms with E-state index < -0.39 is 5.97 Å². The van der Waals surface area contributed by atoms with E-state index in [1.807, 2.05) is 60.0 Å². The monoisotopic (exact) mass is 337 g/mol. The number of aromatic carboxylic acids is 1. The van der Waals surface area contributed by atoms with Crippen LogP contribution in [0.2, 0.25) is 0 Å². The molecule has 0 unspecified atom stereocenters. The van der Waals surface area contributed by atoms with Crippen LogP contribution in [0, 0.1) is 6.92 Å². The van der Waals surface area contributed by atoms with Gasteiger partial charge in [-0.15, -0.1) is 0 Å². The number of aromatic nitrogens is 1. The van der Waals surface area contributed by atoms with Crippen LogP contribution in [0.15, 0.2) is 54.6 Å². The van der Waals surface area contributed by atoms with Crippen molar-refractivity contribution in [2.75, 3.05) is 14.2 Å². The Morgan fingerprint density at radius 2 is 1.64 bits per heavy atom. The van der Waals surface area contributed by atoms with Gasteiger partial charge in [-0.3, -0.25) is 0 Å². The minimum atomic E-state index is -0.957. The number of aryl methyl sites for hydroxylation is 1. The van der Waals surface area contributed by atoms with Crippen molar-refractivity contribution in [1.29, 1.82) is 0 Å². The highest BCUT2D eigenvalue weighted by Crippen LogP contribution is 2.34. The van der Waals surface area contributed by atoms with Gasteiger partial charge in [0.1, 0.15) is 0 Å². The number of hydrogen-bond donors (Lipinski definition) is 1. The number of rotatable bonds is 5. The molecule has 0 aliphatic rings. The summed E-state index contributed by atoms with van der Waals surface area (Å²) >= 11 is 0. The van der Waals surface area contributed by atoms with E-state index in [2.05, 4.69) is 0 Å². The number of nitrogens with zero attached hydrogens (tertiary/aromatic N) is 1. The highest BCUT2D eigenvalue weighted by atomic mass is 16.5. The Balaban J connectivity index is 2.28. The summed E-state index contributed by atoms with van der Waals surface area (Å²) in [5.41, 5.74) is 3.36. The predicted octanol–water partition coefficient (Wildman–Crippen LogP) is 4.17. The SMILES string of the molecule is COc1ccc(-n2c(C)cc(C(=O)O)c2-c2ccccc2)cc1OC. The van der Waals surface area contributed by atoms with Gasteiger partial charge in [0.25, 0.3) is 0 Å². The molecule has 2 aromatic carbocycles. The van der Waals surface area contributed by atoms with Crippen molar-refractivity contribution in [3.05, 3.63) is 65.9 Å². The van der Waals surface area contributed by atoms with E-state index >= 15 is 0 Å². The minimum Gasteiger partial charge on any atom is -0.493 e. The molecule has 0 saturated carbocycles. The lowest BCUT2D eigenvalue weighted by atomic mass is 10.1. The highest BCUT2D eigenvalue weighted by molar-refractivity contribution is 5.96. The van der Waals surface area contributed by atoms with Crippen molar-refractivity contribution in [3.8, 4) is 28.4 Å². The molecule has 0 spiro atoms. The Morgan fingerprint density at radius 3 is 2.24 bits per heavy atom. The van der Waals surface area contributed by atoms with Crippen LogP contribution in [0.4, 0.5) is 0 Å². The first-order valence-electron chi connectivity index (χ1n) is 7.80. The van der Waals surface area contributed by atoms with Crippen LogP contribution in [0.1, 0.15) is 16.1 Å². The number of methoxy groups -OCH3 is 2. The number of benzene rings is 2. The van der Waals surface area contributed by atoms with Crippen LogP contribution in [-0.2, 0) is 0 Å². The van der Waals surface area contributed by atoms with Crippen molar-refractivity contribution in [1.82, 2.24) is 4.57 Å². The predicted molar refractivity (Wildman–Crippen MR) is 96.0 cm³/mol. The molecule has 3 rings (SSSR count). The van der Waals surface area contributed by atoms with Crippen LogP contribution >= 0.6 is 0 Å². The van der Waals surface area contributed by atoms with Crippen molar-refractivity contribution in [3.63, 3.8) is 0 Å². The summed E-state index contributed by atoms with van der Waals surface area (Å²) in [5.74, 6) is 0.251. The van der Waals surface area contributed by atoms with Gasteiger partial charge in [0.15, 0.2) is 11.5 Å². The summed E-state index contributed by atoms with van der Waals surface area (Å²) in [7, 11) is 3.15. The van der Waals surface area contributed by atoms with E-state index in [9.17, 15) is 9.90 Å². The maximum absolute atomic E-state index is 11.8. The van der Waals surface area contributed by atoms with Gasteiger partial charge in [0.2, 0.25) is 0 Å². The first-order chi connectivity index (χ1) is 12.1. The van der Waals surface area contributed by atoms with Crippen molar-refractivity contribution < 1.29 is 19.4 Å². The summed E-state index contributed by atoms with van der Waals surface area (Å²) in [6.45, 7) is 1.88. The average molecular weight is 337 g/mol. The van der Waals surface area contributed by atoms with Gasteiger partial charge in [0, 0.05) is 17.4 Å². The lowest BCUT2D eigenvalue weighted by Crippen LogP contribution is -2.03. The van der Waals surface area contributed by atoms with Gasteiger partial charge in [-0.05, 0) is 30.7 Å². The van der Waals surface area contributed by atoms with Gasteiger partial charge in [-0.2, -0.15) is 0 Å². The number of carboxylic acid groups (broad SMARTS) is 1. The zero-order chi connectivity index (χ0) is 18.0. The van der Waals surface area contributed by atoms with Crippen LogP contribution in [0.5, 0.6) is 11.5 Å². The van der Waals surface area contributed by atoms with E-state index in [-0.39, 0.29) is 5.56 Å². The molecule has 0 saturated heterocycles. The van der Waals surface area contributed by atoms with Crippen molar-refractivity contribution in [2.24, 2.45) is 0 Å². The first kappa shape index (κ1) is 16.6. The summed E-state index contributed by atoms with van der Waals surface area (Å²) < 4.78 is 12.6. The molecule has 5 heteroatoms. The lowest BCUT2D eigenvalue weighted by Gasteiger charge is -2.15. The second kappa shape index (κ2) is 6.73. The standard InChI is InChI=1S/C20H19NO4/c1-13-11-16(20(22)23)19(14-7-5-4-6-8-14)21(13)15-9-10-17(24-2)18(12-15)25-3/h4-12H,1-3H3,(H,22,23). The van der Waals surface area contributed by atoms with Gasteiger partial charge in [-0.1, -0.05) is 30.3 Å². The first-order valence-corrected chi connectivity index (χ1v) is 7.80. The van der Waals surface area contributed by atoms with Crippen LogP contribution in [0.3, 0.4) is 0 Å². The third kappa shape index (κ3) is 2.96. The molecule has 0 aliphatic heterocycles. The second-order valence-corrected chi connectivity index (χ2v) is 5.59. The van der Waals surface area contributed by atoms with Crippen molar-refractivity contribution in [2.45, 2.75) is 6.92 Å². The van der Waals surface area contributed by atoms with Crippen LogP contribution in [0.25, 0.3) is 16.9 Å². The molecule has 0 aliphatic carbocycles. The van der Waals surface area contributed by atoms with E-state index in [1.165, 1.54) is 0 Å². The zero-order valence-corrected chi connectivity index (χ0v) is 14.3. The molecule has 1 aromatic heterocycles. The quantitative estimate of drug-likeness (QED) is 0.759. The lowest BCUT2D eigenvalue weighted by molar-refractivity contribution is 0.0698. The molecule has 0 fully saturated rings. The normalized spacial score (nSPS) is 10.5. The second-order valence-electron chi connectivity index (χ2n) is 5.59. The summed E-state index contributed by atoms with van der Waals surface area (Å²) in [6, 6.07) is 16.7. The van der Waals surface area contributed by atoms with E-state index in [1.54, 1.807) is 20.3 Å². The molecule has 0 atom stereocenters. The maximum atomic E-state index is 11.8. The topological polar surface area (TPSA) is 60.7 Å². The number of carbonyl (C=O) groups is 1. The summed E-state index contributed by atoms with van der Waals surface area (Å²) in [5, 5.41) is 9.64. The summed E-state index contributed by atoms with van der Waals surface area (Å²) in [4.78, 5) is 11.8. The van der Waals surface area contributed by atoms with Gasteiger partial charge >= 0.3 is 5.97 Å². The molecule has 25 heavy (non-hydrogen) atoms. The van der Waals surface area contributed by atoms with Crippen LogP contribution < -0.4 is 9.47 Å². The van der Waals surface area contributed by atoms with Gasteiger partial charge < -0.3 is 19.1 Å². The van der Waals surface area contributed by atoms with Gasteiger partial charge in [0.05, 0.1) is 25.5 Å². The van der Waals surface area contributed by atoms with E-state index in [4.69, 9.17) is 9.47 Å². The smallest absolute Gasteiger partial charge is 0.337 e. The zero-order valence-electron chi connectivity index (χ0n) is 14.3. The number of carboxylic acids is 1. The molecule has 3 aromatic rings. The molecule has 1 heterocycles. The Labute approximate surface area is 146 Å². The van der Waals surface area contributed by atoms with Gasteiger partial charge in [-0.25, -0.2) is 4.79 Å². The minimum absolute atomic E-state index is 0.262. The van der Waals surface area contributed by atoms with E-state index in [0.29, 0.717) is 17.2 Å². The van der Waals surface area contributed by atoms with E-state index in [0.717, 1.165) is 16.9 Å². The fraction of sp³-hybridized carbons (Fsp3) is 0.150. The molecule has 0 radical (unpaired) electrons. The molecule has 1 N–H and O–H groups in total. The molecule has 0 bridgehead atoms. The Hall–Kier alpha value is -3.21.